The van der Waals surface area contributed by atoms with Gasteiger partial charge in [0, 0.05) is 12.6 Å². The number of benzene rings is 1. The quantitative estimate of drug-likeness (QED) is 0.916. The molecule has 2 aliphatic heterocycles. The fourth-order valence-electron chi connectivity index (χ4n) is 3.62. The molecule has 4 nitrogen and oxygen atoms in total. The lowest BCUT2D eigenvalue weighted by Crippen LogP contribution is -2.49. The van der Waals surface area contributed by atoms with Gasteiger partial charge in [0.05, 0.1) is 19.2 Å². The number of fused-ring (bicyclic) bond motifs is 2. The maximum Gasteiger partial charge on any atom is 0.240 e. The zero-order chi connectivity index (χ0) is 14.4. The van der Waals surface area contributed by atoms with Gasteiger partial charge in [0.25, 0.3) is 0 Å². The Morgan fingerprint density at radius 2 is 2.10 bits per heavy atom. The lowest BCUT2D eigenvalue weighted by Gasteiger charge is -2.34. The van der Waals surface area contributed by atoms with Crippen LogP contribution in [0.1, 0.15) is 36.1 Å². The minimum absolute atomic E-state index is 0.0436. The molecule has 3 rings (SSSR count). The molecule has 108 valence electrons. The molecule has 1 N–H and O–H groups in total. The molecule has 0 saturated carbocycles. The number of nitrogens with one attached hydrogen (secondary N) is 1. The largest absolute Gasteiger partial charge is 0.496 e. The summed E-state index contributed by atoms with van der Waals surface area (Å²) in [7, 11) is 1.69. The van der Waals surface area contributed by atoms with E-state index in [2.05, 4.69) is 37.1 Å². The second-order valence-corrected chi connectivity index (χ2v) is 5.88. The number of methoxy groups -OCH3 is 1. The van der Waals surface area contributed by atoms with Crippen LogP contribution in [0, 0.1) is 13.8 Å². The molecule has 20 heavy (non-hydrogen) atoms. The smallest absolute Gasteiger partial charge is 0.240 e. The second kappa shape index (κ2) is 4.77. The highest BCUT2D eigenvalue weighted by atomic mass is 16.5. The van der Waals surface area contributed by atoms with Crippen LogP contribution in [0.25, 0.3) is 0 Å². The van der Waals surface area contributed by atoms with Crippen molar-refractivity contribution in [2.45, 2.75) is 45.3 Å². The van der Waals surface area contributed by atoms with E-state index in [1.165, 1.54) is 11.1 Å². The number of ether oxygens (including phenoxy) is 1. The third-order valence-corrected chi connectivity index (χ3v) is 4.92. The summed E-state index contributed by atoms with van der Waals surface area (Å²) in [6.07, 6.45) is 0.956. The SMILES string of the molecule is COc1ccc([C@H](C)N2C(=O)[C@H]3C[C@@H]2CN3)c(C)c1C. The van der Waals surface area contributed by atoms with Crippen molar-refractivity contribution in [2.75, 3.05) is 13.7 Å². The Morgan fingerprint density at radius 3 is 2.70 bits per heavy atom. The van der Waals surface area contributed by atoms with Gasteiger partial charge in [0.1, 0.15) is 5.75 Å². The predicted molar refractivity (Wildman–Crippen MR) is 77.9 cm³/mol. The van der Waals surface area contributed by atoms with Crippen molar-refractivity contribution < 1.29 is 9.53 Å². The van der Waals surface area contributed by atoms with Crippen LogP contribution in [0.3, 0.4) is 0 Å². The van der Waals surface area contributed by atoms with Crippen molar-refractivity contribution in [3.8, 4) is 5.75 Å². The van der Waals surface area contributed by atoms with E-state index in [-0.39, 0.29) is 18.0 Å². The maximum absolute atomic E-state index is 12.3. The number of likely N-dealkylation sites (tertiary alicyclic amines) is 1. The Labute approximate surface area is 120 Å². The summed E-state index contributed by atoms with van der Waals surface area (Å²) in [6, 6.07) is 4.62. The van der Waals surface area contributed by atoms with Gasteiger partial charge in [-0.3, -0.25) is 4.79 Å². The zero-order valence-corrected chi connectivity index (χ0v) is 12.6. The molecule has 3 atom stereocenters. The number of hydrogen-bond acceptors (Lipinski definition) is 3. The number of hydrogen-bond donors (Lipinski definition) is 1. The fraction of sp³-hybridized carbons (Fsp3) is 0.562. The molecule has 2 fully saturated rings. The van der Waals surface area contributed by atoms with E-state index >= 15 is 0 Å². The summed E-state index contributed by atoms with van der Waals surface area (Å²) in [6.45, 7) is 7.24. The highest BCUT2D eigenvalue weighted by molar-refractivity contribution is 5.86. The summed E-state index contributed by atoms with van der Waals surface area (Å²) in [4.78, 5) is 14.4. The van der Waals surface area contributed by atoms with E-state index in [0.29, 0.717) is 6.04 Å². The highest BCUT2D eigenvalue weighted by Gasteiger charge is 2.46. The third kappa shape index (κ3) is 1.82. The van der Waals surface area contributed by atoms with Crippen molar-refractivity contribution >= 4 is 5.91 Å². The molecule has 0 unspecified atom stereocenters. The molecule has 2 heterocycles. The van der Waals surface area contributed by atoms with Crippen LogP contribution in [-0.2, 0) is 4.79 Å². The average molecular weight is 274 g/mol. The monoisotopic (exact) mass is 274 g/mol. The van der Waals surface area contributed by atoms with Gasteiger partial charge in [0.2, 0.25) is 5.91 Å². The van der Waals surface area contributed by atoms with Gasteiger partial charge >= 0.3 is 0 Å². The molecule has 0 radical (unpaired) electrons. The first-order chi connectivity index (χ1) is 9.54. The average Bonchev–Trinajstić information content (AvgIpc) is 3.02. The summed E-state index contributed by atoms with van der Waals surface area (Å²) in [5, 5.41) is 3.28. The van der Waals surface area contributed by atoms with E-state index in [4.69, 9.17) is 4.74 Å². The van der Waals surface area contributed by atoms with Crippen LogP contribution in [0.4, 0.5) is 0 Å². The maximum atomic E-state index is 12.3. The first-order valence-corrected chi connectivity index (χ1v) is 7.24. The Hall–Kier alpha value is -1.55. The molecular weight excluding hydrogens is 252 g/mol. The molecule has 0 spiro atoms. The lowest BCUT2D eigenvalue weighted by molar-refractivity contribution is -0.134. The first-order valence-electron chi connectivity index (χ1n) is 7.24. The number of rotatable bonds is 3. The molecule has 1 aromatic rings. The molecule has 2 saturated heterocycles. The predicted octanol–water partition coefficient (Wildman–Crippen LogP) is 1.95. The van der Waals surface area contributed by atoms with Crippen LogP contribution in [0.5, 0.6) is 5.75 Å². The van der Waals surface area contributed by atoms with Crippen LogP contribution < -0.4 is 10.1 Å². The molecular formula is C16H22N2O2. The Balaban J connectivity index is 1.93. The summed E-state index contributed by atoms with van der Waals surface area (Å²) in [5.41, 5.74) is 3.61. The van der Waals surface area contributed by atoms with Gasteiger partial charge in [-0.15, -0.1) is 0 Å². The molecule has 2 bridgehead atoms. The topological polar surface area (TPSA) is 41.6 Å². The Bertz CT molecular complexity index is 556. The van der Waals surface area contributed by atoms with Crippen LogP contribution in [-0.4, -0.2) is 36.5 Å². The standard InChI is InChI=1S/C16H22N2O2/c1-9-10(2)15(20-4)6-5-13(9)11(3)18-12-7-14(16(18)19)17-8-12/h5-6,11-12,14,17H,7-8H2,1-4H3/t11-,12+,14+/m0/s1. The molecule has 1 amide bonds. The van der Waals surface area contributed by atoms with E-state index in [1.807, 2.05) is 6.07 Å². The van der Waals surface area contributed by atoms with Crippen molar-refractivity contribution in [3.05, 3.63) is 28.8 Å². The van der Waals surface area contributed by atoms with E-state index in [0.717, 1.165) is 24.3 Å². The molecule has 0 aliphatic carbocycles. The summed E-state index contributed by atoms with van der Waals surface area (Å²) >= 11 is 0. The van der Waals surface area contributed by atoms with E-state index in [9.17, 15) is 4.79 Å². The van der Waals surface area contributed by atoms with E-state index < -0.39 is 0 Å². The van der Waals surface area contributed by atoms with Crippen molar-refractivity contribution in [1.29, 1.82) is 0 Å². The zero-order valence-electron chi connectivity index (χ0n) is 12.6. The van der Waals surface area contributed by atoms with Gasteiger partial charge in [-0.1, -0.05) is 6.07 Å². The van der Waals surface area contributed by atoms with Gasteiger partial charge < -0.3 is 15.0 Å². The van der Waals surface area contributed by atoms with Crippen molar-refractivity contribution in [1.82, 2.24) is 10.2 Å². The van der Waals surface area contributed by atoms with Gasteiger partial charge in [-0.25, -0.2) is 0 Å². The van der Waals surface area contributed by atoms with Crippen molar-refractivity contribution in [2.24, 2.45) is 0 Å². The molecule has 1 aromatic carbocycles. The Morgan fingerprint density at radius 1 is 1.35 bits per heavy atom. The number of carbonyl (C=O) groups is 1. The van der Waals surface area contributed by atoms with Crippen LogP contribution in [0.2, 0.25) is 0 Å². The number of carbonyl (C=O) groups excluding carboxylic acids is 1. The van der Waals surface area contributed by atoms with Gasteiger partial charge in [-0.05, 0) is 49.9 Å². The normalized spacial score (nSPS) is 26.2. The fourth-order valence-corrected chi connectivity index (χ4v) is 3.62. The van der Waals surface area contributed by atoms with Crippen LogP contribution >= 0.6 is 0 Å². The molecule has 0 aromatic heterocycles. The highest BCUT2D eigenvalue weighted by Crippen LogP contribution is 2.36. The number of nitrogens with zero attached hydrogens (tertiary/aromatic N) is 1. The minimum atomic E-state index is 0.0436. The van der Waals surface area contributed by atoms with E-state index in [1.54, 1.807) is 7.11 Å². The first kappa shape index (κ1) is 13.4. The molecule has 2 aliphatic rings. The van der Waals surface area contributed by atoms with Crippen molar-refractivity contribution in [3.63, 3.8) is 0 Å². The van der Waals surface area contributed by atoms with Crippen LogP contribution in [0.15, 0.2) is 12.1 Å². The molecule has 4 heteroatoms. The Kier molecular flexibility index (Phi) is 3.21. The second-order valence-electron chi connectivity index (χ2n) is 5.88. The lowest BCUT2D eigenvalue weighted by atomic mass is 9.96. The minimum Gasteiger partial charge on any atom is -0.496 e. The van der Waals surface area contributed by atoms with Gasteiger partial charge in [0.15, 0.2) is 0 Å². The number of amides is 1. The summed E-state index contributed by atoms with van der Waals surface area (Å²) in [5.74, 6) is 1.16. The summed E-state index contributed by atoms with van der Waals surface area (Å²) < 4.78 is 5.37. The van der Waals surface area contributed by atoms with Gasteiger partial charge in [-0.2, -0.15) is 0 Å². The number of piperazine rings is 1. The third-order valence-electron chi connectivity index (χ3n) is 4.92.